The second-order valence-electron chi connectivity index (χ2n) is 2.95. The lowest BCUT2D eigenvalue weighted by Crippen LogP contribution is -2.63. The molecular formula is C6H20N6. The summed E-state index contributed by atoms with van der Waals surface area (Å²) in [5.41, 5.74) is 33.2. The third kappa shape index (κ3) is 3.02. The summed E-state index contributed by atoms with van der Waals surface area (Å²) < 4.78 is 0. The summed E-state index contributed by atoms with van der Waals surface area (Å²) in [6.07, 6.45) is 0. The van der Waals surface area contributed by atoms with E-state index in [1.807, 2.05) is 0 Å². The van der Waals surface area contributed by atoms with E-state index >= 15 is 0 Å². The van der Waals surface area contributed by atoms with E-state index in [0.717, 1.165) is 0 Å². The molecule has 0 aromatic rings. The molecule has 0 aromatic heterocycles. The SMILES string of the molecule is NCC(N)C(N)C(N)C(N)CN. The minimum absolute atomic E-state index is 0.298. The maximum atomic E-state index is 5.68. The molecule has 0 aliphatic carbocycles. The van der Waals surface area contributed by atoms with Crippen LogP contribution in [0.2, 0.25) is 0 Å². The number of nitrogens with two attached hydrogens (primary N) is 6. The molecule has 12 N–H and O–H groups in total. The van der Waals surface area contributed by atoms with E-state index in [-0.39, 0.29) is 12.1 Å². The normalized spacial score (nSPS) is 21.5. The van der Waals surface area contributed by atoms with Crippen LogP contribution in [-0.2, 0) is 0 Å². The van der Waals surface area contributed by atoms with Crippen LogP contribution in [-0.4, -0.2) is 37.3 Å². The van der Waals surface area contributed by atoms with E-state index < -0.39 is 12.1 Å². The number of hydrogen-bond acceptors (Lipinski definition) is 6. The molecule has 12 heavy (non-hydrogen) atoms. The van der Waals surface area contributed by atoms with Crippen molar-refractivity contribution in [2.75, 3.05) is 13.1 Å². The fourth-order valence-corrected chi connectivity index (χ4v) is 0.885. The molecule has 4 unspecified atom stereocenters. The fourth-order valence-electron chi connectivity index (χ4n) is 0.885. The van der Waals surface area contributed by atoms with Gasteiger partial charge in [-0.05, 0) is 0 Å². The van der Waals surface area contributed by atoms with Crippen molar-refractivity contribution in [2.45, 2.75) is 24.2 Å². The van der Waals surface area contributed by atoms with Gasteiger partial charge in [-0.15, -0.1) is 0 Å². The number of hydrogen-bond donors (Lipinski definition) is 6. The molecule has 0 bridgehead atoms. The van der Waals surface area contributed by atoms with Gasteiger partial charge in [0.1, 0.15) is 0 Å². The summed E-state index contributed by atoms with van der Waals surface area (Å²) in [5, 5.41) is 0. The Bertz CT molecular complexity index is 105. The van der Waals surface area contributed by atoms with Crippen molar-refractivity contribution < 1.29 is 0 Å². The van der Waals surface area contributed by atoms with Crippen molar-refractivity contribution in [3.8, 4) is 0 Å². The molecule has 6 nitrogen and oxygen atoms in total. The van der Waals surface area contributed by atoms with Crippen molar-refractivity contribution in [3.05, 3.63) is 0 Å². The van der Waals surface area contributed by atoms with Crippen LogP contribution in [0.5, 0.6) is 0 Å². The summed E-state index contributed by atoms with van der Waals surface area (Å²) in [7, 11) is 0. The Hall–Kier alpha value is -0.240. The van der Waals surface area contributed by atoms with Gasteiger partial charge in [0.15, 0.2) is 0 Å². The molecule has 0 fully saturated rings. The van der Waals surface area contributed by atoms with Crippen molar-refractivity contribution in [1.82, 2.24) is 0 Å². The Balaban J connectivity index is 3.99. The van der Waals surface area contributed by atoms with Crippen molar-refractivity contribution >= 4 is 0 Å². The zero-order valence-corrected chi connectivity index (χ0v) is 7.19. The van der Waals surface area contributed by atoms with E-state index in [9.17, 15) is 0 Å². The molecular weight excluding hydrogens is 156 g/mol. The van der Waals surface area contributed by atoms with Crippen molar-refractivity contribution in [3.63, 3.8) is 0 Å². The molecule has 0 aromatic carbocycles. The molecule has 74 valence electrons. The van der Waals surface area contributed by atoms with Gasteiger partial charge in [-0.3, -0.25) is 0 Å². The molecule has 4 atom stereocenters. The molecule has 0 aliphatic rings. The first-order chi connectivity index (χ1) is 5.54. The summed E-state index contributed by atoms with van der Waals surface area (Å²) in [6.45, 7) is 0.596. The summed E-state index contributed by atoms with van der Waals surface area (Å²) >= 11 is 0. The fraction of sp³-hybridized carbons (Fsp3) is 1.00. The van der Waals surface area contributed by atoms with Crippen LogP contribution in [0.4, 0.5) is 0 Å². The van der Waals surface area contributed by atoms with E-state index in [2.05, 4.69) is 0 Å². The summed E-state index contributed by atoms with van der Waals surface area (Å²) in [4.78, 5) is 0. The summed E-state index contributed by atoms with van der Waals surface area (Å²) in [6, 6.07) is -1.43. The average Bonchev–Trinajstić information content (AvgIpc) is 2.12. The molecule has 0 aliphatic heterocycles. The molecule has 0 rings (SSSR count). The Morgan fingerprint density at radius 2 is 0.917 bits per heavy atom. The topological polar surface area (TPSA) is 156 Å². The van der Waals surface area contributed by atoms with Crippen LogP contribution in [0, 0.1) is 0 Å². The highest BCUT2D eigenvalue weighted by Crippen LogP contribution is 1.94. The monoisotopic (exact) mass is 176 g/mol. The first kappa shape index (κ1) is 11.8. The smallest absolute Gasteiger partial charge is 0.0374 e. The highest BCUT2D eigenvalue weighted by Gasteiger charge is 2.23. The molecule has 0 saturated heterocycles. The van der Waals surface area contributed by atoms with Gasteiger partial charge >= 0.3 is 0 Å². The molecule has 0 spiro atoms. The number of rotatable bonds is 5. The van der Waals surface area contributed by atoms with Gasteiger partial charge in [0.05, 0.1) is 0 Å². The van der Waals surface area contributed by atoms with Gasteiger partial charge < -0.3 is 34.4 Å². The molecule has 0 heterocycles. The molecule has 6 heteroatoms. The summed E-state index contributed by atoms with van der Waals surface area (Å²) in [5.74, 6) is 0. The zero-order chi connectivity index (χ0) is 9.72. The Morgan fingerprint density at radius 3 is 1.08 bits per heavy atom. The van der Waals surface area contributed by atoms with Crippen molar-refractivity contribution in [1.29, 1.82) is 0 Å². The molecule has 0 saturated carbocycles. The minimum Gasteiger partial charge on any atom is -0.329 e. The van der Waals surface area contributed by atoms with Gasteiger partial charge in [-0.2, -0.15) is 0 Å². The Labute approximate surface area is 72.6 Å². The van der Waals surface area contributed by atoms with Gasteiger partial charge in [-0.25, -0.2) is 0 Å². The van der Waals surface area contributed by atoms with Crippen LogP contribution >= 0.6 is 0 Å². The van der Waals surface area contributed by atoms with Gasteiger partial charge in [0.2, 0.25) is 0 Å². The van der Waals surface area contributed by atoms with E-state index in [1.54, 1.807) is 0 Å². The van der Waals surface area contributed by atoms with Gasteiger partial charge in [0, 0.05) is 37.3 Å². The van der Waals surface area contributed by atoms with E-state index in [1.165, 1.54) is 0 Å². The maximum Gasteiger partial charge on any atom is 0.0374 e. The average molecular weight is 176 g/mol. The third-order valence-corrected chi connectivity index (χ3v) is 1.98. The van der Waals surface area contributed by atoms with Gasteiger partial charge in [0.25, 0.3) is 0 Å². The first-order valence-corrected chi connectivity index (χ1v) is 3.97. The maximum absolute atomic E-state index is 5.68. The second kappa shape index (κ2) is 5.41. The lowest BCUT2D eigenvalue weighted by molar-refractivity contribution is 0.397. The quantitative estimate of drug-likeness (QED) is 0.252. The molecule has 0 radical (unpaired) electrons. The first-order valence-electron chi connectivity index (χ1n) is 3.97. The Morgan fingerprint density at radius 1 is 0.667 bits per heavy atom. The van der Waals surface area contributed by atoms with Crippen LogP contribution in [0.3, 0.4) is 0 Å². The van der Waals surface area contributed by atoms with Gasteiger partial charge in [-0.1, -0.05) is 0 Å². The highest BCUT2D eigenvalue weighted by atomic mass is 14.9. The van der Waals surface area contributed by atoms with Crippen molar-refractivity contribution in [2.24, 2.45) is 34.4 Å². The van der Waals surface area contributed by atoms with E-state index in [0.29, 0.717) is 13.1 Å². The molecule has 0 amide bonds. The lowest BCUT2D eigenvalue weighted by Gasteiger charge is -2.28. The standard InChI is InChI=1S/C6H20N6/c7-1-3(9)5(11)6(12)4(10)2-8/h3-6H,1-2,7-12H2. The van der Waals surface area contributed by atoms with Crippen LogP contribution in [0.15, 0.2) is 0 Å². The van der Waals surface area contributed by atoms with Crippen LogP contribution in [0.25, 0.3) is 0 Å². The van der Waals surface area contributed by atoms with Crippen LogP contribution in [0.1, 0.15) is 0 Å². The largest absolute Gasteiger partial charge is 0.329 e. The predicted octanol–water partition coefficient (Wildman–Crippen LogP) is -3.79. The van der Waals surface area contributed by atoms with Crippen LogP contribution < -0.4 is 34.4 Å². The van der Waals surface area contributed by atoms with E-state index in [4.69, 9.17) is 34.4 Å². The third-order valence-electron chi connectivity index (χ3n) is 1.98. The minimum atomic E-state index is -0.395. The Kier molecular flexibility index (Phi) is 5.31. The zero-order valence-electron chi connectivity index (χ0n) is 7.19. The predicted molar refractivity (Wildman–Crippen MR) is 50.0 cm³/mol. The second-order valence-corrected chi connectivity index (χ2v) is 2.95. The highest BCUT2D eigenvalue weighted by molar-refractivity contribution is 4.92. The lowest BCUT2D eigenvalue weighted by atomic mass is 9.96.